The van der Waals surface area contributed by atoms with Crippen molar-refractivity contribution in [2.75, 3.05) is 45.9 Å². The molecule has 0 spiro atoms. The van der Waals surface area contributed by atoms with Crippen molar-refractivity contribution in [1.29, 1.82) is 0 Å². The summed E-state index contributed by atoms with van der Waals surface area (Å²) in [5.74, 6) is -0.0155. The molecule has 0 aromatic heterocycles. The zero-order valence-electron chi connectivity index (χ0n) is 18.9. The molecule has 32 heavy (non-hydrogen) atoms. The Morgan fingerprint density at radius 2 is 1.91 bits per heavy atom. The summed E-state index contributed by atoms with van der Waals surface area (Å²) >= 11 is 0. The Morgan fingerprint density at radius 3 is 2.78 bits per heavy atom. The second kappa shape index (κ2) is 13.2. The molecule has 0 bridgehead atoms. The first-order valence-electron chi connectivity index (χ1n) is 11.7. The lowest BCUT2D eigenvalue weighted by atomic mass is 10.0. The fraction of sp³-hybridized carbons (Fsp3) is 0.520. The van der Waals surface area contributed by atoms with Crippen LogP contribution in [0, 0.1) is 0 Å². The number of amides is 2. The molecule has 3 rings (SSSR count). The summed E-state index contributed by atoms with van der Waals surface area (Å²) in [6, 6.07) is 14.5. The second-order valence-electron chi connectivity index (χ2n) is 8.18. The lowest BCUT2D eigenvalue weighted by molar-refractivity contribution is -0.138. The molecular formula is C25H36N4O3. The molecule has 0 saturated carbocycles. The van der Waals surface area contributed by atoms with Crippen LogP contribution in [0.5, 0.6) is 0 Å². The number of nitrogens with zero attached hydrogens (tertiary/aromatic N) is 1. The Labute approximate surface area is 190 Å². The van der Waals surface area contributed by atoms with Gasteiger partial charge >= 0.3 is 0 Å². The molecule has 1 fully saturated rings. The average molecular weight is 441 g/mol. The van der Waals surface area contributed by atoms with Crippen molar-refractivity contribution in [1.82, 2.24) is 15.5 Å². The van der Waals surface area contributed by atoms with Crippen LogP contribution in [-0.2, 0) is 20.7 Å². The molecule has 0 unspecified atom stereocenters. The van der Waals surface area contributed by atoms with Crippen molar-refractivity contribution >= 4 is 22.6 Å². The van der Waals surface area contributed by atoms with E-state index in [2.05, 4.69) is 53.1 Å². The lowest BCUT2D eigenvalue weighted by Crippen LogP contribution is -2.46. The molecule has 1 aliphatic rings. The highest BCUT2D eigenvalue weighted by Crippen LogP contribution is 2.20. The highest BCUT2D eigenvalue weighted by atomic mass is 16.5. The van der Waals surface area contributed by atoms with Crippen LogP contribution in [0.25, 0.3) is 10.8 Å². The third-order valence-corrected chi connectivity index (χ3v) is 5.88. The number of nitrogens with one attached hydrogen (secondary N) is 2. The first-order chi connectivity index (χ1) is 15.7. The van der Waals surface area contributed by atoms with Crippen LogP contribution in [0.1, 0.15) is 31.2 Å². The molecule has 1 heterocycles. The van der Waals surface area contributed by atoms with E-state index in [0.29, 0.717) is 39.3 Å². The monoisotopic (exact) mass is 440 g/mol. The molecule has 0 aliphatic carbocycles. The van der Waals surface area contributed by atoms with Crippen LogP contribution >= 0.6 is 0 Å². The molecule has 4 N–H and O–H groups in total. The predicted molar refractivity (Wildman–Crippen MR) is 127 cm³/mol. The number of ether oxygens (including phenoxy) is 1. The Kier molecular flexibility index (Phi) is 9.94. The van der Waals surface area contributed by atoms with Crippen LogP contribution in [0.3, 0.4) is 0 Å². The predicted octanol–water partition coefficient (Wildman–Crippen LogP) is 1.83. The Bertz CT molecular complexity index is 868. The van der Waals surface area contributed by atoms with Crippen molar-refractivity contribution in [2.45, 2.75) is 38.1 Å². The number of fused-ring (bicyclic) bond motifs is 1. The zero-order chi connectivity index (χ0) is 22.6. The standard InChI is InChI=1S/C25H36N4O3/c26-13-18-32-19-16-28-25(31)23-10-5-17-29(23)24(30)11-4-14-27-15-12-21-8-3-7-20-6-1-2-9-22(20)21/h1-3,6-9,23,27H,4-5,10-19,26H2,(H,28,31)/t23-/m0/s1. The number of benzene rings is 2. The van der Waals surface area contributed by atoms with Gasteiger partial charge < -0.3 is 26.0 Å². The quantitative estimate of drug-likeness (QED) is 0.413. The number of likely N-dealkylation sites (tertiary alicyclic amines) is 1. The van der Waals surface area contributed by atoms with Gasteiger partial charge in [0, 0.05) is 26.1 Å². The van der Waals surface area contributed by atoms with E-state index in [0.717, 1.165) is 38.8 Å². The van der Waals surface area contributed by atoms with E-state index in [1.54, 1.807) is 4.90 Å². The third-order valence-electron chi connectivity index (χ3n) is 5.88. The summed E-state index contributed by atoms with van der Waals surface area (Å²) in [5.41, 5.74) is 6.71. The van der Waals surface area contributed by atoms with Gasteiger partial charge in [0.25, 0.3) is 0 Å². The maximum atomic E-state index is 12.7. The first kappa shape index (κ1) is 24.2. The molecule has 1 atom stereocenters. The van der Waals surface area contributed by atoms with Gasteiger partial charge in [-0.15, -0.1) is 0 Å². The van der Waals surface area contributed by atoms with Gasteiger partial charge in [0.15, 0.2) is 0 Å². The van der Waals surface area contributed by atoms with Crippen molar-refractivity contribution in [3.05, 3.63) is 48.0 Å². The van der Waals surface area contributed by atoms with Gasteiger partial charge in [-0.25, -0.2) is 0 Å². The van der Waals surface area contributed by atoms with E-state index < -0.39 is 0 Å². The van der Waals surface area contributed by atoms with Crippen LogP contribution < -0.4 is 16.4 Å². The summed E-state index contributed by atoms with van der Waals surface area (Å²) < 4.78 is 5.28. The van der Waals surface area contributed by atoms with Crippen LogP contribution in [0.4, 0.5) is 0 Å². The van der Waals surface area contributed by atoms with Gasteiger partial charge in [-0.2, -0.15) is 0 Å². The molecule has 1 aliphatic heterocycles. The summed E-state index contributed by atoms with van der Waals surface area (Å²) in [7, 11) is 0. The summed E-state index contributed by atoms with van der Waals surface area (Å²) in [4.78, 5) is 26.8. The third kappa shape index (κ3) is 7.02. The zero-order valence-corrected chi connectivity index (χ0v) is 18.9. The smallest absolute Gasteiger partial charge is 0.242 e. The summed E-state index contributed by atoms with van der Waals surface area (Å²) in [6.45, 7) is 4.17. The molecule has 2 amide bonds. The maximum absolute atomic E-state index is 12.7. The van der Waals surface area contributed by atoms with E-state index in [1.807, 2.05) is 0 Å². The number of carbonyl (C=O) groups excluding carboxylic acids is 2. The number of hydrogen-bond donors (Lipinski definition) is 3. The lowest BCUT2D eigenvalue weighted by Gasteiger charge is -2.24. The van der Waals surface area contributed by atoms with Crippen molar-refractivity contribution in [3.63, 3.8) is 0 Å². The van der Waals surface area contributed by atoms with Crippen LogP contribution in [0.15, 0.2) is 42.5 Å². The minimum atomic E-state index is -0.351. The van der Waals surface area contributed by atoms with E-state index in [-0.39, 0.29) is 17.9 Å². The van der Waals surface area contributed by atoms with Crippen LogP contribution in [-0.4, -0.2) is 68.7 Å². The maximum Gasteiger partial charge on any atom is 0.242 e. The van der Waals surface area contributed by atoms with Gasteiger partial charge in [0.1, 0.15) is 6.04 Å². The number of rotatable bonds is 13. The van der Waals surface area contributed by atoms with Crippen molar-refractivity contribution in [2.24, 2.45) is 5.73 Å². The van der Waals surface area contributed by atoms with Crippen molar-refractivity contribution < 1.29 is 14.3 Å². The Morgan fingerprint density at radius 1 is 1.06 bits per heavy atom. The van der Waals surface area contributed by atoms with Gasteiger partial charge in [0.05, 0.1) is 13.2 Å². The average Bonchev–Trinajstić information content (AvgIpc) is 3.31. The number of hydrogen-bond acceptors (Lipinski definition) is 5. The topological polar surface area (TPSA) is 96.7 Å². The molecule has 2 aromatic carbocycles. The fourth-order valence-corrected chi connectivity index (χ4v) is 4.25. The Hall–Kier alpha value is -2.48. The molecular weight excluding hydrogens is 404 g/mol. The molecule has 7 heteroatoms. The Balaban J connectivity index is 1.33. The largest absolute Gasteiger partial charge is 0.378 e. The number of carbonyl (C=O) groups is 2. The minimum absolute atomic E-state index is 0.0675. The summed E-state index contributed by atoms with van der Waals surface area (Å²) in [5, 5.41) is 8.89. The number of nitrogens with two attached hydrogens (primary N) is 1. The minimum Gasteiger partial charge on any atom is -0.378 e. The van der Waals surface area contributed by atoms with E-state index in [1.165, 1.54) is 16.3 Å². The fourth-order valence-electron chi connectivity index (χ4n) is 4.25. The van der Waals surface area contributed by atoms with E-state index in [4.69, 9.17) is 10.5 Å². The molecule has 174 valence electrons. The summed E-state index contributed by atoms with van der Waals surface area (Å²) in [6.07, 6.45) is 3.79. The normalized spacial score (nSPS) is 15.9. The SMILES string of the molecule is NCCOCCNC(=O)[C@@H]1CCCN1C(=O)CCCNCCc1cccc2ccccc12. The highest BCUT2D eigenvalue weighted by molar-refractivity contribution is 5.88. The van der Waals surface area contributed by atoms with Gasteiger partial charge in [-0.1, -0.05) is 42.5 Å². The van der Waals surface area contributed by atoms with E-state index >= 15 is 0 Å². The van der Waals surface area contributed by atoms with Gasteiger partial charge in [-0.3, -0.25) is 9.59 Å². The second-order valence-corrected chi connectivity index (χ2v) is 8.18. The van der Waals surface area contributed by atoms with Gasteiger partial charge in [0.2, 0.25) is 11.8 Å². The van der Waals surface area contributed by atoms with Crippen molar-refractivity contribution in [3.8, 4) is 0 Å². The first-order valence-corrected chi connectivity index (χ1v) is 11.7. The van der Waals surface area contributed by atoms with E-state index in [9.17, 15) is 9.59 Å². The molecule has 0 radical (unpaired) electrons. The molecule has 1 saturated heterocycles. The molecule has 7 nitrogen and oxygen atoms in total. The highest BCUT2D eigenvalue weighted by Gasteiger charge is 2.33. The van der Waals surface area contributed by atoms with Crippen LogP contribution in [0.2, 0.25) is 0 Å². The molecule has 2 aromatic rings. The van der Waals surface area contributed by atoms with Gasteiger partial charge in [-0.05, 0) is 55.1 Å².